The number of morpholine rings is 1. The highest BCUT2D eigenvalue weighted by Gasteiger charge is 2.76. The average molecular weight is 683 g/mol. The van der Waals surface area contributed by atoms with Crippen LogP contribution >= 0.6 is 0 Å². The zero-order valence-corrected chi connectivity index (χ0v) is 26.1. The Labute approximate surface area is 266 Å². The Bertz CT molecular complexity index is 1350. The van der Waals surface area contributed by atoms with Gasteiger partial charge in [0.2, 0.25) is 17.6 Å². The minimum Gasteiger partial charge on any atom is -0.378 e. The zero-order chi connectivity index (χ0) is 35.5. The summed E-state index contributed by atoms with van der Waals surface area (Å²) >= 11 is 0. The summed E-state index contributed by atoms with van der Waals surface area (Å²) in [4.78, 5) is 68.5. The van der Waals surface area contributed by atoms with E-state index in [1.165, 1.54) is 23.1 Å². The van der Waals surface area contributed by atoms with E-state index in [1.807, 2.05) is 5.32 Å². The zero-order valence-electron chi connectivity index (χ0n) is 26.1. The Balaban J connectivity index is 1.80. The van der Waals surface area contributed by atoms with Crippen LogP contribution in [0.3, 0.4) is 0 Å². The number of nitrogens with one attached hydrogen (secondary N) is 2. The lowest BCUT2D eigenvalue weighted by molar-refractivity contribution is -0.344. The van der Waals surface area contributed by atoms with E-state index in [2.05, 4.69) is 5.32 Å². The van der Waals surface area contributed by atoms with Crippen molar-refractivity contribution in [3.63, 3.8) is 0 Å². The van der Waals surface area contributed by atoms with Crippen molar-refractivity contribution in [3.05, 3.63) is 35.4 Å². The first-order valence-corrected chi connectivity index (χ1v) is 15.0. The van der Waals surface area contributed by atoms with Gasteiger partial charge in [-0.05, 0) is 36.8 Å². The summed E-state index contributed by atoms with van der Waals surface area (Å²) in [6.07, 6.45) is -6.59. The number of ketones is 1. The van der Waals surface area contributed by atoms with Gasteiger partial charge in [0.15, 0.2) is 0 Å². The number of hydrogen-bond acceptors (Lipinski definition) is 6. The molecule has 0 aromatic heterocycles. The number of hydrogen-bond donors (Lipinski definition) is 2. The predicted octanol–water partition coefficient (Wildman–Crippen LogP) is 3.45. The summed E-state index contributed by atoms with van der Waals surface area (Å²) in [5.41, 5.74) is 0.0607. The smallest absolute Gasteiger partial charge is 0.378 e. The Hall–Kier alpha value is -3.76. The summed E-state index contributed by atoms with van der Waals surface area (Å²) in [5, 5.41) is 4.45. The molecule has 3 atom stereocenters. The fraction of sp³-hybridized carbons (Fsp3) is 0.633. The van der Waals surface area contributed by atoms with E-state index < -0.39 is 77.4 Å². The topological polar surface area (TPSA) is 125 Å². The van der Waals surface area contributed by atoms with E-state index in [9.17, 15) is 54.7 Å². The Morgan fingerprint density at radius 2 is 1.36 bits per heavy atom. The number of rotatable bonds is 11. The number of nitrogens with zero attached hydrogens (tertiary/aromatic N) is 2. The molecule has 0 saturated carbocycles. The third-order valence-corrected chi connectivity index (χ3v) is 8.06. The van der Waals surface area contributed by atoms with Crippen molar-refractivity contribution in [1.29, 1.82) is 0 Å². The molecule has 1 unspecified atom stereocenters. The maximum atomic E-state index is 14.3. The van der Waals surface area contributed by atoms with Gasteiger partial charge in [0.25, 0.3) is 11.8 Å². The molecule has 0 spiro atoms. The van der Waals surface area contributed by atoms with Gasteiger partial charge in [0, 0.05) is 19.6 Å². The molecule has 4 amide bonds. The second kappa shape index (κ2) is 14.6. The Morgan fingerprint density at radius 1 is 0.809 bits per heavy atom. The molecular formula is C30H37F7N4O6. The van der Waals surface area contributed by atoms with Crippen molar-refractivity contribution >= 4 is 29.4 Å². The van der Waals surface area contributed by atoms with Crippen LogP contribution in [0.2, 0.25) is 0 Å². The van der Waals surface area contributed by atoms with Gasteiger partial charge < -0.3 is 25.2 Å². The number of Topliss-reactive ketones (excluding diaryl/α,β-unsaturated/α-hetero) is 1. The third kappa shape index (κ3) is 7.87. The fourth-order valence-corrected chi connectivity index (χ4v) is 5.33. The minimum atomic E-state index is -6.75. The van der Waals surface area contributed by atoms with Crippen LogP contribution in [0.25, 0.3) is 0 Å². The first-order chi connectivity index (χ1) is 21.7. The summed E-state index contributed by atoms with van der Waals surface area (Å²) in [6, 6.07) is 0.820. The van der Waals surface area contributed by atoms with Crippen molar-refractivity contribution in [2.75, 3.05) is 32.8 Å². The number of ether oxygens (including phenoxy) is 1. The lowest BCUT2D eigenvalue weighted by atomic mass is 9.92. The molecule has 0 bridgehead atoms. The van der Waals surface area contributed by atoms with Gasteiger partial charge >= 0.3 is 18.0 Å². The van der Waals surface area contributed by atoms with Crippen LogP contribution in [0.1, 0.15) is 61.3 Å². The minimum absolute atomic E-state index is 0.0203. The van der Waals surface area contributed by atoms with Gasteiger partial charge in [-0.15, -0.1) is 0 Å². The maximum absolute atomic E-state index is 14.3. The normalized spacial score (nSPS) is 19.0. The van der Waals surface area contributed by atoms with E-state index >= 15 is 0 Å². The van der Waals surface area contributed by atoms with Crippen LogP contribution in [-0.2, 0) is 19.1 Å². The first kappa shape index (κ1) is 37.7. The largest absolute Gasteiger partial charge is 0.460 e. The van der Waals surface area contributed by atoms with Crippen molar-refractivity contribution in [2.24, 2.45) is 11.8 Å². The third-order valence-electron chi connectivity index (χ3n) is 8.06. The fourth-order valence-electron chi connectivity index (χ4n) is 5.33. The molecule has 1 aromatic carbocycles. The summed E-state index contributed by atoms with van der Waals surface area (Å²) in [5.74, 6) is -20.8. The highest BCUT2D eigenvalue weighted by molar-refractivity contribution is 6.08. The quantitative estimate of drug-likeness (QED) is 0.345. The van der Waals surface area contributed by atoms with Gasteiger partial charge in [0.1, 0.15) is 12.1 Å². The van der Waals surface area contributed by atoms with E-state index in [0.717, 1.165) is 18.7 Å². The average Bonchev–Trinajstić information content (AvgIpc) is 3.51. The molecule has 2 aliphatic heterocycles. The molecular weight excluding hydrogens is 645 g/mol. The van der Waals surface area contributed by atoms with Gasteiger partial charge in [-0.2, -0.15) is 30.7 Å². The molecule has 2 heterocycles. The predicted molar refractivity (Wildman–Crippen MR) is 152 cm³/mol. The Morgan fingerprint density at radius 3 is 1.89 bits per heavy atom. The van der Waals surface area contributed by atoms with Crippen molar-refractivity contribution < 1.29 is 59.4 Å². The van der Waals surface area contributed by atoms with Crippen LogP contribution in [0.5, 0.6) is 0 Å². The van der Waals surface area contributed by atoms with Crippen LogP contribution < -0.4 is 10.6 Å². The lowest BCUT2D eigenvalue weighted by Crippen LogP contribution is -2.63. The molecule has 1 aromatic rings. The molecule has 2 fully saturated rings. The van der Waals surface area contributed by atoms with E-state index in [4.69, 9.17) is 4.74 Å². The molecule has 2 N–H and O–H groups in total. The van der Waals surface area contributed by atoms with Gasteiger partial charge in [0.05, 0.1) is 30.4 Å². The van der Waals surface area contributed by atoms with Crippen LogP contribution in [-0.4, -0.2) is 108 Å². The van der Waals surface area contributed by atoms with Gasteiger partial charge in [-0.25, -0.2) is 0 Å². The Kier molecular flexibility index (Phi) is 11.7. The monoisotopic (exact) mass is 682 g/mol. The summed E-state index contributed by atoms with van der Waals surface area (Å²) in [6.45, 7) is 6.53. The summed E-state index contributed by atoms with van der Waals surface area (Å²) < 4.78 is 99.2. The maximum Gasteiger partial charge on any atom is 0.460 e. The molecule has 10 nitrogen and oxygen atoms in total. The highest BCUT2D eigenvalue weighted by Crippen LogP contribution is 2.47. The molecule has 47 heavy (non-hydrogen) atoms. The van der Waals surface area contributed by atoms with Crippen LogP contribution in [0.15, 0.2) is 24.3 Å². The number of halogens is 7. The van der Waals surface area contributed by atoms with Gasteiger partial charge in [-0.3, -0.25) is 24.0 Å². The molecule has 262 valence electrons. The summed E-state index contributed by atoms with van der Waals surface area (Å²) in [7, 11) is 0. The van der Waals surface area contributed by atoms with Crippen molar-refractivity contribution in [3.8, 4) is 0 Å². The molecule has 17 heteroatoms. The second-order valence-electron chi connectivity index (χ2n) is 12.1. The first-order valence-electron chi connectivity index (χ1n) is 15.0. The van der Waals surface area contributed by atoms with Gasteiger partial charge in [-0.1, -0.05) is 39.8 Å². The standard InChI is InChI=1S/C30H37F7N4O6/c1-16(2)21(23(42)28(31,32)29(33,34)30(35,36)37)38-25(44)20-10-7-11-41(20)27(46)22(17(3)4)39-24(43)18-8-5-6-9-19(18)26(45)40-12-14-47-15-13-40/h5-6,8-9,16-17,20-22H,7,10-15H2,1-4H3,(H,38,44)(H,39,43)/t20-,21?,22-/m0/s1. The molecule has 2 saturated heterocycles. The number of carbonyl (C=O) groups excluding carboxylic acids is 5. The molecule has 2 aliphatic rings. The SMILES string of the molecule is CC(C)C(NC(=O)[C@@H]1CCCN1C(=O)[C@@H](NC(=O)c1ccccc1C(=O)N1CCOCC1)C(C)C)C(=O)C(F)(F)C(F)(F)C(F)(F)F. The van der Waals surface area contributed by atoms with Crippen molar-refractivity contribution in [2.45, 2.75) is 76.7 Å². The molecule has 0 radical (unpaired) electrons. The van der Waals surface area contributed by atoms with Crippen LogP contribution in [0, 0.1) is 11.8 Å². The number of amides is 4. The van der Waals surface area contributed by atoms with E-state index in [1.54, 1.807) is 19.9 Å². The second-order valence-corrected chi connectivity index (χ2v) is 12.1. The lowest BCUT2D eigenvalue weighted by Gasteiger charge is -2.33. The van der Waals surface area contributed by atoms with E-state index in [-0.39, 0.29) is 30.5 Å². The number of carbonyl (C=O) groups is 5. The van der Waals surface area contributed by atoms with E-state index in [0.29, 0.717) is 26.3 Å². The highest BCUT2D eigenvalue weighted by atomic mass is 19.4. The van der Waals surface area contributed by atoms with Crippen LogP contribution in [0.4, 0.5) is 30.7 Å². The molecule has 0 aliphatic carbocycles. The number of likely N-dealkylation sites (tertiary alicyclic amines) is 1. The number of alkyl halides is 7. The van der Waals surface area contributed by atoms with Crippen molar-refractivity contribution in [1.82, 2.24) is 20.4 Å². The number of benzene rings is 1. The molecule has 3 rings (SSSR count).